The highest BCUT2D eigenvalue weighted by Crippen LogP contribution is 2.35. The molecular formula is C22H19F4NO3S. The molecule has 0 radical (unpaired) electrons. The van der Waals surface area contributed by atoms with E-state index in [4.69, 9.17) is 9.84 Å². The predicted molar refractivity (Wildman–Crippen MR) is 109 cm³/mol. The zero-order valence-electron chi connectivity index (χ0n) is 16.7. The molecule has 0 aliphatic heterocycles. The largest absolute Gasteiger partial charge is 0.482 e. The topological polar surface area (TPSA) is 59.4 Å². The van der Waals surface area contributed by atoms with E-state index in [1.54, 1.807) is 26.0 Å². The minimum absolute atomic E-state index is 0.0684. The quantitative estimate of drug-likeness (QED) is 0.435. The fourth-order valence-electron chi connectivity index (χ4n) is 2.99. The summed E-state index contributed by atoms with van der Waals surface area (Å²) in [4.78, 5) is 15.7. The lowest BCUT2D eigenvalue weighted by Crippen LogP contribution is -2.10. The number of alkyl halides is 4. The van der Waals surface area contributed by atoms with E-state index >= 15 is 0 Å². The molecule has 0 bridgehead atoms. The number of carboxylic acid groups (broad SMARTS) is 1. The van der Waals surface area contributed by atoms with Gasteiger partial charge in [0.05, 0.1) is 11.3 Å². The number of rotatable bonds is 7. The molecule has 0 amide bonds. The summed E-state index contributed by atoms with van der Waals surface area (Å²) >= 11 is 1.25. The van der Waals surface area contributed by atoms with E-state index in [9.17, 15) is 22.4 Å². The van der Waals surface area contributed by atoms with Crippen molar-refractivity contribution in [3.05, 3.63) is 69.7 Å². The first-order chi connectivity index (χ1) is 14.5. The molecule has 0 saturated carbocycles. The number of halogens is 4. The molecular weight excluding hydrogens is 434 g/mol. The molecule has 1 heterocycles. The lowest BCUT2D eigenvalue weighted by atomic mass is 10.0. The third kappa shape index (κ3) is 5.61. The third-order valence-corrected chi connectivity index (χ3v) is 5.86. The van der Waals surface area contributed by atoms with Crippen molar-refractivity contribution in [1.82, 2.24) is 4.98 Å². The van der Waals surface area contributed by atoms with Gasteiger partial charge in [-0.2, -0.15) is 13.2 Å². The molecule has 0 fully saturated rings. The summed E-state index contributed by atoms with van der Waals surface area (Å²) in [6, 6.07) is 9.40. The fourth-order valence-corrected chi connectivity index (χ4v) is 4.09. The van der Waals surface area contributed by atoms with Crippen LogP contribution in [-0.2, 0) is 17.4 Å². The van der Waals surface area contributed by atoms with Crippen molar-refractivity contribution in [3.8, 4) is 16.3 Å². The van der Waals surface area contributed by atoms with Crippen LogP contribution >= 0.6 is 11.3 Å². The number of carboxylic acids is 1. The van der Waals surface area contributed by atoms with Gasteiger partial charge < -0.3 is 9.84 Å². The van der Waals surface area contributed by atoms with Gasteiger partial charge in [-0.05, 0) is 49.2 Å². The SMILES string of the molecule is Cc1cc(C(F)Cc2sc(-c3ccc(C(F)(F)F)cc3)nc2C)ccc1OCC(=O)O. The molecule has 1 atom stereocenters. The first kappa shape index (κ1) is 22.7. The molecule has 4 nitrogen and oxygen atoms in total. The minimum Gasteiger partial charge on any atom is -0.482 e. The van der Waals surface area contributed by atoms with E-state index < -0.39 is 30.5 Å². The van der Waals surface area contributed by atoms with E-state index in [0.717, 1.165) is 12.1 Å². The van der Waals surface area contributed by atoms with Gasteiger partial charge in [-0.25, -0.2) is 14.2 Å². The number of nitrogens with zero attached hydrogens (tertiary/aromatic N) is 1. The van der Waals surface area contributed by atoms with Gasteiger partial charge in [-0.15, -0.1) is 11.3 Å². The lowest BCUT2D eigenvalue weighted by molar-refractivity contribution is -0.139. The number of thiazole rings is 1. The number of aryl methyl sites for hydroxylation is 2. The Morgan fingerprint density at radius 1 is 1.16 bits per heavy atom. The molecule has 1 N–H and O–H groups in total. The van der Waals surface area contributed by atoms with Gasteiger partial charge in [-0.1, -0.05) is 18.2 Å². The summed E-state index contributed by atoms with van der Waals surface area (Å²) in [6.45, 7) is 2.96. The molecule has 1 aromatic heterocycles. The van der Waals surface area contributed by atoms with E-state index in [2.05, 4.69) is 4.98 Å². The fraction of sp³-hybridized carbons (Fsp3) is 0.273. The summed E-state index contributed by atoms with van der Waals surface area (Å²) < 4.78 is 58.3. The molecule has 1 unspecified atom stereocenters. The van der Waals surface area contributed by atoms with Crippen LogP contribution < -0.4 is 4.74 Å². The number of hydrogen-bond acceptors (Lipinski definition) is 4. The number of benzene rings is 2. The molecule has 9 heteroatoms. The van der Waals surface area contributed by atoms with E-state index in [1.165, 1.54) is 29.5 Å². The molecule has 0 aliphatic carbocycles. The number of carbonyl (C=O) groups is 1. The maximum atomic E-state index is 14.9. The minimum atomic E-state index is -4.41. The summed E-state index contributed by atoms with van der Waals surface area (Å²) in [5, 5.41) is 9.22. The summed E-state index contributed by atoms with van der Waals surface area (Å²) in [5.74, 6) is -0.728. The molecule has 3 rings (SSSR count). The standard InChI is InChI=1S/C22H19F4NO3S/c1-12-9-15(5-8-18(12)30-11-20(28)29)17(23)10-19-13(2)27-21(31-19)14-3-6-16(7-4-14)22(24,25)26/h3-9,17H,10-11H2,1-2H3,(H,28,29). The molecule has 0 saturated heterocycles. The highest BCUT2D eigenvalue weighted by atomic mass is 32.1. The Labute approximate surface area is 180 Å². The van der Waals surface area contributed by atoms with Gasteiger partial charge in [0.1, 0.15) is 16.9 Å². The van der Waals surface area contributed by atoms with Crippen molar-refractivity contribution in [2.24, 2.45) is 0 Å². The molecule has 3 aromatic rings. The van der Waals surface area contributed by atoms with Crippen molar-refractivity contribution in [2.75, 3.05) is 6.61 Å². The third-order valence-electron chi connectivity index (χ3n) is 4.63. The van der Waals surface area contributed by atoms with Crippen LogP contribution in [-0.4, -0.2) is 22.7 Å². The average molecular weight is 453 g/mol. The Hall–Kier alpha value is -2.94. The highest BCUT2D eigenvalue weighted by Gasteiger charge is 2.30. The smallest absolute Gasteiger partial charge is 0.416 e. The van der Waals surface area contributed by atoms with Crippen LogP contribution in [0.15, 0.2) is 42.5 Å². The van der Waals surface area contributed by atoms with Crippen LogP contribution in [0, 0.1) is 13.8 Å². The lowest BCUT2D eigenvalue weighted by Gasteiger charge is -2.12. The Balaban J connectivity index is 1.74. The number of aliphatic carboxylic acids is 1. The van der Waals surface area contributed by atoms with Gasteiger partial charge in [0, 0.05) is 16.9 Å². The van der Waals surface area contributed by atoms with Crippen LogP contribution in [0.5, 0.6) is 5.75 Å². The number of aromatic nitrogens is 1. The molecule has 164 valence electrons. The molecule has 0 aliphatic rings. The average Bonchev–Trinajstić information content (AvgIpc) is 3.06. The van der Waals surface area contributed by atoms with Gasteiger partial charge in [0.2, 0.25) is 0 Å². The predicted octanol–water partition coefficient (Wildman–Crippen LogP) is 6.16. The molecule has 2 aromatic carbocycles. The Morgan fingerprint density at radius 3 is 2.42 bits per heavy atom. The van der Waals surface area contributed by atoms with Crippen molar-refractivity contribution in [3.63, 3.8) is 0 Å². The van der Waals surface area contributed by atoms with Crippen molar-refractivity contribution in [2.45, 2.75) is 32.6 Å². The van der Waals surface area contributed by atoms with E-state index in [1.807, 2.05) is 0 Å². The number of hydrogen-bond donors (Lipinski definition) is 1. The highest BCUT2D eigenvalue weighted by molar-refractivity contribution is 7.15. The Kier molecular flexibility index (Phi) is 6.64. The normalized spacial score (nSPS) is 12.6. The summed E-state index contributed by atoms with van der Waals surface area (Å²) in [5.41, 5.74) is 1.47. The van der Waals surface area contributed by atoms with Crippen molar-refractivity contribution in [1.29, 1.82) is 0 Å². The van der Waals surface area contributed by atoms with Crippen LogP contribution in [0.1, 0.15) is 33.4 Å². The zero-order chi connectivity index (χ0) is 22.8. The van der Waals surface area contributed by atoms with Gasteiger partial charge >= 0.3 is 12.1 Å². The molecule has 31 heavy (non-hydrogen) atoms. The van der Waals surface area contributed by atoms with E-state index in [-0.39, 0.29) is 6.42 Å². The maximum Gasteiger partial charge on any atom is 0.416 e. The van der Waals surface area contributed by atoms with Crippen LogP contribution in [0.3, 0.4) is 0 Å². The molecule has 0 spiro atoms. The Bertz CT molecular complexity index is 1080. The second-order valence-electron chi connectivity index (χ2n) is 6.98. The maximum absolute atomic E-state index is 14.9. The van der Waals surface area contributed by atoms with E-state index in [0.29, 0.717) is 38.0 Å². The van der Waals surface area contributed by atoms with Crippen LogP contribution in [0.2, 0.25) is 0 Å². The van der Waals surface area contributed by atoms with Crippen molar-refractivity contribution < 1.29 is 32.2 Å². The zero-order valence-corrected chi connectivity index (χ0v) is 17.5. The first-order valence-corrected chi connectivity index (χ1v) is 10.1. The summed E-state index contributed by atoms with van der Waals surface area (Å²) in [6.07, 6.45) is -5.67. The van der Waals surface area contributed by atoms with Gasteiger partial charge in [0.15, 0.2) is 6.61 Å². The van der Waals surface area contributed by atoms with Crippen LogP contribution in [0.25, 0.3) is 10.6 Å². The number of ether oxygens (including phenoxy) is 1. The summed E-state index contributed by atoms with van der Waals surface area (Å²) in [7, 11) is 0. The van der Waals surface area contributed by atoms with Crippen molar-refractivity contribution >= 4 is 17.3 Å². The second-order valence-corrected chi connectivity index (χ2v) is 8.07. The Morgan fingerprint density at radius 2 is 1.84 bits per heavy atom. The van der Waals surface area contributed by atoms with Gasteiger partial charge in [0.25, 0.3) is 0 Å². The van der Waals surface area contributed by atoms with Crippen LogP contribution in [0.4, 0.5) is 17.6 Å². The first-order valence-electron chi connectivity index (χ1n) is 9.27. The monoisotopic (exact) mass is 453 g/mol. The second kappa shape index (κ2) is 9.05. The van der Waals surface area contributed by atoms with Gasteiger partial charge in [-0.3, -0.25) is 0 Å².